The van der Waals surface area contributed by atoms with E-state index in [0.717, 1.165) is 36.8 Å². The molecule has 0 aromatic heterocycles. The normalized spacial score (nSPS) is 27.2. The number of aryl methyl sites for hydroxylation is 2. The molecule has 5 nitrogen and oxygen atoms in total. The van der Waals surface area contributed by atoms with Crippen LogP contribution in [0.2, 0.25) is 0 Å². The van der Waals surface area contributed by atoms with Crippen molar-refractivity contribution in [3.63, 3.8) is 0 Å². The molecule has 0 spiro atoms. The third kappa shape index (κ3) is 4.40. The summed E-state index contributed by atoms with van der Waals surface area (Å²) in [4.78, 5) is 26.5. The first-order valence-electron chi connectivity index (χ1n) is 10.4. The molecule has 1 N–H and O–H groups in total. The van der Waals surface area contributed by atoms with Crippen molar-refractivity contribution in [2.45, 2.75) is 85.0 Å². The number of fused-ring (bicyclic) bond motifs is 1. The van der Waals surface area contributed by atoms with E-state index in [-0.39, 0.29) is 35.9 Å². The van der Waals surface area contributed by atoms with Crippen molar-refractivity contribution in [3.8, 4) is 0 Å². The van der Waals surface area contributed by atoms with E-state index < -0.39 is 5.54 Å². The minimum absolute atomic E-state index is 0.0555. The van der Waals surface area contributed by atoms with Crippen molar-refractivity contribution in [1.82, 2.24) is 10.4 Å². The van der Waals surface area contributed by atoms with Crippen molar-refractivity contribution >= 4 is 11.8 Å². The lowest BCUT2D eigenvalue weighted by Gasteiger charge is -2.38. The van der Waals surface area contributed by atoms with Crippen molar-refractivity contribution in [1.29, 1.82) is 0 Å². The van der Waals surface area contributed by atoms with Crippen LogP contribution in [0.25, 0.3) is 0 Å². The maximum absolute atomic E-state index is 13.3. The lowest BCUT2D eigenvalue weighted by molar-refractivity contribution is -0.135. The zero-order chi connectivity index (χ0) is 20.6. The zero-order valence-electron chi connectivity index (χ0n) is 18.0. The highest BCUT2D eigenvalue weighted by atomic mass is 16.5. The highest BCUT2D eigenvalue weighted by molar-refractivity contribution is 5.96. The summed E-state index contributed by atoms with van der Waals surface area (Å²) >= 11 is 0. The summed E-state index contributed by atoms with van der Waals surface area (Å²) in [5, 5.41) is 1.51. The molecule has 2 fully saturated rings. The van der Waals surface area contributed by atoms with Gasteiger partial charge >= 0.3 is 0 Å². The van der Waals surface area contributed by atoms with E-state index in [1.54, 1.807) is 0 Å². The van der Waals surface area contributed by atoms with Gasteiger partial charge in [0.15, 0.2) is 0 Å². The summed E-state index contributed by atoms with van der Waals surface area (Å²) in [5.41, 5.74) is 5.13. The second-order valence-corrected chi connectivity index (χ2v) is 9.59. The molecule has 1 aliphatic carbocycles. The minimum Gasteiger partial charge on any atom is -0.375 e. The van der Waals surface area contributed by atoms with Crippen LogP contribution in [0.4, 0.5) is 0 Å². The van der Waals surface area contributed by atoms with Crippen molar-refractivity contribution < 1.29 is 14.3 Å². The number of rotatable bonds is 2. The summed E-state index contributed by atoms with van der Waals surface area (Å²) < 4.78 is 6.00. The number of nitrogens with one attached hydrogen (secondary N) is 1. The van der Waals surface area contributed by atoms with Gasteiger partial charge in [-0.3, -0.25) is 15.0 Å². The molecule has 1 saturated heterocycles. The Morgan fingerprint density at radius 2 is 1.75 bits per heavy atom. The molecule has 4 atom stereocenters. The van der Waals surface area contributed by atoms with Gasteiger partial charge in [-0.15, -0.1) is 0 Å². The Balaban J connectivity index is 1.81. The number of amides is 2. The molecule has 1 aliphatic heterocycles. The van der Waals surface area contributed by atoms with Gasteiger partial charge in [-0.05, 0) is 78.9 Å². The minimum atomic E-state index is -0.530. The summed E-state index contributed by atoms with van der Waals surface area (Å²) in [7, 11) is 0. The van der Waals surface area contributed by atoms with Crippen LogP contribution >= 0.6 is 0 Å². The Morgan fingerprint density at radius 1 is 1.11 bits per heavy atom. The van der Waals surface area contributed by atoms with Gasteiger partial charge in [-0.1, -0.05) is 23.6 Å². The predicted octanol–water partition coefficient (Wildman–Crippen LogP) is 4.17. The van der Waals surface area contributed by atoms with E-state index in [1.165, 1.54) is 5.01 Å². The highest BCUT2D eigenvalue weighted by Gasteiger charge is 2.44. The standard InChI is InChI=1S/C23H34N2O3/c1-14-10-15(2)12-17(11-14)22(27)25(23(4,5)6)24-21(26)18-8-7-9-20-19(18)13-16(3)28-20/h10-12,16,18-20H,7-9,13H2,1-6H3,(H,24,26). The van der Waals surface area contributed by atoms with Gasteiger partial charge in [-0.25, -0.2) is 5.01 Å². The number of carbonyl (C=O) groups excluding carboxylic acids is 2. The van der Waals surface area contributed by atoms with Crippen LogP contribution in [0.15, 0.2) is 18.2 Å². The van der Waals surface area contributed by atoms with E-state index in [1.807, 2.05) is 52.8 Å². The number of hydrogen-bond acceptors (Lipinski definition) is 3. The molecule has 28 heavy (non-hydrogen) atoms. The predicted molar refractivity (Wildman–Crippen MR) is 110 cm³/mol. The fourth-order valence-corrected chi connectivity index (χ4v) is 4.72. The third-order valence-electron chi connectivity index (χ3n) is 5.91. The van der Waals surface area contributed by atoms with Gasteiger partial charge in [0, 0.05) is 11.5 Å². The molecule has 1 aromatic carbocycles. The summed E-state index contributed by atoms with van der Waals surface area (Å²) in [6.07, 6.45) is 4.19. The largest absolute Gasteiger partial charge is 0.375 e. The van der Waals surface area contributed by atoms with Gasteiger partial charge in [0.2, 0.25) is 5.91 Å². The lowest BCUT2D eigenvalue weighted by Crippen LogP contribution is -2.58. The molecule has 0 radical (unpaired) electrons. The Hall–Kier alpha value is -1.88. The molecule has 3 rings (SSSR count). The van der Waals surface area contributed by atoms with E-state index >= 15 is 0 Å². The molecule has 0 bridgehead atoms. The number of carbonyl (C=O) groups is 2. The summed E-state index contributed by atoms with van der Waals surface area (Å²) in [6.45, 7) is 11.9. The second-order valence-electron chi connectivity index (χ2n) is 9.59. The quantitative estimate of drug-likeness (QED) is 0.776. The number of hydrazine groups is 1. The first-order valence-corrected chi connectivity index (χ1v) is 10.4. The Morgan fingerprint density at radius 3 is 2.36 bits per heavy atom. The molecule has 4 unspecified atom stereocenters. The Labute approximate surface area is 168 Å². The fraction of sp³-hybridized carbons (Fsp3) is 0.652. The third-order valence-corrected chi connectivity index (χ3v) is 5.91. The topological polar surface area (TPSA) is 58.6 Å². The average Bonchev–Trinajstić information content (AvgIpc) is 2.97. The molecule has 2 amide bonds. The molecule has 1 aromatic rings. The van der Waals surface area contributed by atoms with Crippen molar-refractivity contribution in [2.24, 2.45) is 11.8 Å². The van der Waals surface area contributed by atoms with Crippen LogP contribution in [0.3, 0.4) is 0 Å². The molecular weight excluding hydrogens is 352 g/mol. The van der Waals surface area contributed by atoms with Gasteiger partial charge in [-0.2, -0.15) is 0 Å². The zero-order valence-corrected chi connectivity index (χ0v) is 18.0. The smallest absolute Gasteiger partial charge is 0.272 e. The average molecular weight is 387 g/mol. The number of nitrogens with zero attached hydrogens (tertiary/aromatic N) is 1. The second kappa shape index (κ2) is 7.86. The van der Waals surface area contributed by atoms with Gasteiger partial charge < -0.3 is 4.74 Å². The van der Waals surface area contributed by atoms with Gasteiger partial charge in [0.05, 0.1) is 17.7 Å². The van der Waals surface area contributed by atoms with Crippen molar-refractivity contribution in [3.05, 3.63) is 34.9 Å². The maximum Gasteiger partial charge on any atom is 0.272 e. The summed E-state index contributed by atoms with van der Waals surface area (Å²) in [6, 6.07) is 5.80. The van der Waals surface area contributed by atoms with Crippen LogP contribution in [-0.4, -0.2) is 34.6 Å². The maximum atomic E-state index is 13.3. The molecule has 1 saturated carbocycles. The molecular formula is C23H34N2O3. The monoisotopic (exact) mass is 386 g/mol. The van der Waals surface area contributed by atoms with E-state index in [9.17, 15) is 9.59 Å². The number of ether oxygens (including phenoxy) is 1. The number of hydrogen-bond donors (Lipinski definition) is 1. The molecule has 2 aliphatic rings. The van der Waals surface area contributed by atoms with Crippen LogP contribution in [0.1, 0.15) is 74.9 Å². The van der Waals surface area contributed by atoms with E-state index in [4.69, 9.17) is 4.74 Å². The van der Waals surface area contributed by atoms with Gasteiger partial charge in [0.1, 0.15) is 0 Å². The Kier molecular flexibility index (Phi) is 5.85. The highest BCUT2D eigenvalue weighted by Crippen LogP contribution is 2.41. The van der Waals surface area contributed by atoms with Crippen molar-refractivity contribution in [2.75, 3.05) is 0 Å². The summed E-state index contributed by atoms with van der Waals surface area (Å²) in [5.74, 6) is -0.0708. The molecule has 1 heterocycles. The first kappa shape index (κ1) is 20.8. The number of benzene rings is 1. The fourth-order valence-electron chi connectivity index (χ4n) is 4.72. The van der Waals surface area contributed by atoms with Gasteiger partial charge in [0.25, 0.3) is 5.91 Å². The molecule has 5 heteroatoms. The van der Waals surface area contributed by atoms with Crippen LogP contribution < -0.4 is 5.43 Å². The van der Waals surface area contributed by atoms with Crippen LogP contribution in [0.5, 0.6) is 0 Å². The van der Waals surface area contributed by atoms with Crippen LogP contribution in [-0.2, 0) is 9.53 Å². The van der Waals surface area contributed by atoms with E-state index in [0.29, 0.717) is 5.56 Å². The SMILES string of the molecule is Cc1cc(C)cc(C(=O)N(NC(=O)C2CCCC3OC(C)CC32)C(C)(C)C)c1. The van der Waals surface area contributed by atoms with Crippen LogP contribution in [0, 0.1) is 25.7 Å². The lowest BCUT2D eigenvalue weighted by atomic mass is 9.76. The van der Waals surface area contributed by atoms with E-state index in [2.05, 4.69) is 12.3 Å². The Bertz CT molecular complexity index is 732. The molecule has 154 valence electrons. The first-order chi connectivity index (χ1) is 13.1.